The molecule has 1 unspecified atom stereocenters. The lowest BCUT2D eigenvalue weighted by Gasteiger charge is -2.11. The lowest BCUT2D eigenvalue weighted by Crippen LogP contribution is -2.16. The van der Waals surface area contributed by atoms with Gasteiger partial charge in [-0.15, -0.1) is 0 Å². The molecule has 3 nitrogen and oxygen atoms in total. The molecular formula is C10H15NO2. The minimum Gasteiger partial charge on any atom is -0.489 e. The summed E-state index contributed by atoms with van der Waals surface area (Å²) < 4.78 is 5.38. The lowest BCUT2D eigenvalue weighted by atomic mass is 10.3. The summed E-state index contributed by atoms with van der Waals surface area (Å²) in [5, 5.41) is 9.26. The van der Waals surface area contributed by atoms with Gasteiger partial charge in [0.25, 0.3) is 0 Å². The fourth-order valence-electron chi connectivity index (χ4n) is 0.926. The van der Waals surface area contributed by atoms with Crippen LogP contribution in [0.1, 0.15) is 19.0 Å². The Morgan fingerprint density at radius 2 is 2.38 bits per heavy atom. The van der Waals surface area contributed by atoms with E-state index in [1.807, 2.05) is 26.0 Å². The number of nitrogens with zero attached hydrogens (tertiary/aromatic N) is 1. The highest BCUT2D eigenvalue weighted by atomic mass is 16.5. The van der Waals surface area contributed by atoms with E-state index < -0.39 is 0 Å². The highest BCUT2D eigenvalue weighted by Crippen LogP contribution is 2.13. The van der Waals surface area contributed by atoms with Crippen LogP contribution in [0.5, 0.6) is 5.75 Å². The molecule has 0 spiro atoms. The average molecular weight is 181 g/mol. The molecule has 0 amide bonds. The van der Waals surface area contributed by atoms with Gasteiger partial charge < -0.3 is 9.84 Å². The molecule has 3 heteroatoms. The van der Waals surface area contributed by atoms with Crippen LogP contribution >= 0.6 is 0 Å². The predicted octanol–water partition coefficient (Wildman–Crippen LogP) is 1.54. The Balaban J connectivity index is 2.50. The van der Waals surface area contributed by atoms with Gasteiger partial charge in [0.05, 0.1) is 11.8 Å². The third kappa shape index (κ3) is 3.03. The van der Waals surface area contributed by atoms with Crippen molar-refractivity contribution in [1.82, 2.24) is 4.98 Å². The van der Waals surface area contributed by atoms with E-state index in [4.69, 9.17) is 4.74 Å². The minimum absolute atomic E-state index is 0.336. The van der Waals surface area contributed by atoms with Gasteiger partial charge in [-0.2, -0.15) is 0 Å². The molecule has 0 saturated carbocycles. The number of aliphatic hydroxyl groups excluding tert-OH is 1. The van der Waals surface area contributed by atoms with Gasteiger partial charge >= 0.3 is 0 Å². The Morgan fingerprint density at radius 1 is 1.62 bits per heavy atom. The lowest BCUT2D eigenvalue weighted by molar-refractivity contribution is 0.104. The molecule has 1 aromatic heterocycles. The number of aromatic nitrogens is 1. The van der Waals surface area contributed by atoms with E-state index in [1.54, 1.807) is 6.20 Å². The van der Waals surface area contributed by atoms with Crippen LogP contribution in [0, 0.1) is 6.92 Å². The largest absolute Gasteiger partial charge is 0.489 e. The highest BCUT2D eigenvalue weighted by molar-refractivity contribution is 5.25. The number of hydrogen-bond donors (Lipinski definition) is 1. The van der Waals surface area contributed by atoms with Crippen LogP contribution in [0.4, 0.5) is 0 Å². The molecule has 0 aromatic carbocycles. The SMILES string of the molecule is CCC(O)COc1cccnc1C. The molecular weight excluding hydrogens is 166 g/mol. The molecule has 0 aliphatic carbocycles. The fourth-order valence-corrected chi connectivity index (χ4v) is 0.926. The molecule has 1 aromatic rings. The van der Waals surface area contributed by atoms with Crippen LogP contribution in [0.3, 0.4) is 0 Å². The predicted molar refractivity (Wildman–Crippen MR) is 50.8 cm³/mol. The maximum Gasteiger partial charge on any atom is 0.140 e. The first-order valence-corrected chi connectivity index (χ1v) is 4.46. The Hall–Kier alpha value is -1.09. The molecule has 0 saturated heterocycles. The third-order valence-corrected chi connectivity index (χ3v) is 1.86. The van der Waals surface area contributed by atoms with Gasteiger partial charge in [0.2, 0.25) is 0 Å². The molecule has 1 rings (SSSR count). The second-order valence-electron chi connectivity index (χ2n) is 2.96. The number of pyridine rings is 1. The standard InChI is InChI=1S/C10H15NO2/c1-3-9(12)7-13-10-5-4-6-11-8(10)2/h4-6,9,12H,3,7H2,1-2H3. The number of aliphatic hydroxyl groups is 1. The maximum atomic E-state index is 9.26. The zero-order valence-corrected chi connectivity index (χ0v) is 8.03. The van der Waals surface area contributed by atoms with Gasteiger partial charge in [-0.3, -0.25) is 4.98 Å². The van der Waals surface area contributed by atoms with Crippen molar-refractivity contribution in [3.63, 3.8) is 0 Å². The molecule has 0 fully saturated rings. The van der Waals surface area contributed by atoms with E-state index in [-0.39, 0.29) is 6.10 Å². The Kier molecular flexibility index (Phi) is 3.71. The van der Waals surface area contributed by atoms with Gasteiger partial charge in [0.1, 0.15) is 12.4 Å². The van der Waals surface area contributed by atoms with Crippen molar-refractivity contribution in [2.45, 2.75) is 26.4 Å². The summed E-state index contributed by atoms with van der Waals surface area (Å²) in [6.07, 6.45) is 2.04. The molecule has 13 heavy (non-hydrogen) atoms. The van der Waals surface area contributed by atoms with Crippen LogP contribution in [0.25, 0.3) is 0 Å². The van der Waals surface area contributed by atoms with Crippen LogP contribution < -0.4 is 4.74 Å². The van der Waals surface area contributed by atoms with Crippen molar-refractivity contribution in [2.75, 3.05) is 6.61 Å². The van der Waals surface area contributed by atoms with Crippen LogP contribution in [-0.2, 0) is 0 Å². The van der Waals surface area contributed by atoms with Crippen molar-refractivity contribution < 1.29 is 9.84 Å². The average Bonchev–Trinajstić information content (AvgIpc) is 2.16. The summed E-state index contributed by atoms with van der Waals surface area (Å²) >= 11 is 0. The molecule has 1 N–H and O–H groups in total. The van der Waals surface area contributed by atoms with E-state index in [9.17, 15) is 5.11 Å². The molecule has 1 atom stereocenters. The number of hydrogen-bond acceptors (Lipinski definition) is 3. The zero-order chi connectivity index (χ0) is 9.68. The highest BCUT2D eigenvalue weighted by Gasteiger charge is 2.03. The van der Waals surface area contributed by atoms with E-state index in [2.05, 4.69) is 4.98 Å². The third-order valence-electron chi connectivity index (χ3n) is 1.86. The van der Waals surface area contributed by atoms with Gasteiger partial charge in [0.15, 0.2) is 0 Å². The van der Waals surface area contributed by atoms with Crippen LogP contribution in [0.15, 0.2) is 18.3 Å². The Labute approximate surface area is 78.4 Å². The molecule has 0 radical (unpaired) electrons. The molecule has 0 aliphatic rings. The zero-order valence-electron chi connectivity index (χ0n) is 8.03. The molecule has 72 valence electrons. The summed E-state index contributed by atoms with van der Waals surface area (Å²) in [7, 11) is 0. The van der Waals surface area contributed by atoms with Crippen molar-refractivity contribution in [2.24, 2.45) is 0 Å². The Morgan fingerprint density at radius 3 is 3.00 bits per heavy atom. The van der Waals surface area contributed by atoms with Crippen LogP contribution in [0.2, 0.25) is 0 Å². The quantitative estimate of drug-likeness (QED) is 0.766. The summed E-state index contributed by atoms with van der Waals surface area (Å²) in [6.45, 7) is 4.14. The van der Waals surface area contributed by atoms with E-state index in [0.717, 1.165) is 11.4 Å². The van der Waals surface area contributed by atoms with E-state index >= 15 is 0 Å². The molecule has 0 aliphatic heterocycles. The van der Waals surface area contributed by atoms with Crippen molar-refractivity contribution in [1.29, 1.82) is 0 Å². The van der Waals surface area contributed by atoms with Crippen molar-refractivity contribution >= 4 is 0 Å². The first kappa shape index (κ1) is 9.99. The molecule has 0 bridgehead atoms. The Bertz CT molecular complexity index is 263. The second-order valence-corrected chi connectivity index (χ2v) is 2.96. The normalized spacial score (nSPS) is 12.5. The maximum absolute atomic E-state index is 9.26. The summed E-state index contributed by atoms with van der Waals surface area (Å²) in [5.41, 5.74) is 0.853. The molecule has 1 heterocycles. The van der Waals surface area contributed by atoms with Crippen molar-refractivity contribution in [3.8, 4) is 5.75 Å². The van der Waals surface area contributed by atoms with Gasteiger partial charge in [-0.05, 0) is 25.5 Å². The topological polar surface area (TPSA) is 42.4 Å². The van der Waals surface area contributed by atoms with Gasteiger partial charge in [0, 0.05) is 6.20 Å². The number of ether oxygens (including phenoxy) is 1. The summed E-state index contributed by atoms with van der Waals surface area (Å²) in [4.78, 5) is 4.08. The van der Waals surface area contributed by atoms with Gasteiger partial charge in [-0.25, -0.2) is 0 Å². The minimum atomic E-state index is -0.389. The summed E-state index contributed by atoms with van der Waals surface area (Å²) in [6, 6.07) is 3.67. The van der Waals surface area contributed by atoms with E-state index in [0.29, 0.717) is 13.0 Å². The first-order valence-electron chi connectivity index (χ1n) is 4.46. The monoisotopic (exact) mass is 181 g/mol. The number of aryl methyl sites for hydroxylation is 1. The summed E-state index contributed by atoms with van der Waals surface area (Å²) in [5.74, 6) is 0.745. The van der Waals surface area contributed by atoms with Crippen LogP contribution in [-0.4, -0.2) is 22.8 Å². The number of rotatable bonds is 4. The van der Waals surface area contributed by atoms with E-state index in [1.165, 1.54) is 0 Å². The second kappa shape index (κ2) is 4.82. The van der Waals surface area contributed by atoms with Crippen molar-refractivity contribution in [3.05, 3.63) is 24.0 Å². The van der Waals surface area contributed by atoms with Gasteiger partial charge in [-0.1, -0.05) is 6.92 Å². The smallest absolute Gasteiger partial charge is 0.140 e. The first-order chi connectivity index (χ1) is 6.24. The fraction of sp³-hybridized carbons (Fsp3) is 0.500.